The topological polar surface area (TPSA) is 132 Å². The lowest BCUT2D eigenvalue weighted by Gasteiger charge is -2.13. The summed E-state index contributed by atoms with van der Waals surface area (Å²) < 4.78 is 32.7. The predicted octanol–water partition coefficient (Wildman–Crippen LogP) is 3.45. The van der Waals surface area contributed by atoms with Crippen LogP contribution in [0.1, 0.15) is 58.7 Å². The van der Waals surface area contributed by atoms with Gasteiger partial charge in [0, 0.05) is 12.7 Å². The first-order valence-corrected chi connectivity index (χ1v) is 13.8. The van der Waals surface area contributed by atoms with Crippen LogP contribution in [0.5, 0.6) is 0 Å². The second-order valence-corrected chi connectivity index (χ2v) is 10.3. The molecule has 2 aromatic carbocycles. The molecule has 9 nitrogen and oxygen atoms in total. The number of hydrogen-bond donors (Lipinski definition) is 2. The number of pyridine rings is 1. The molecule has 2 N–H and O–H groups in total. The highest BCUT2D eigenvalue weighted by Gasteiger charge is 2.20. The normalized spacial score (nSPS) is 11.1. The Morgan fingerprint density at radius 3 is 2.18 bits per heavy atom. The summed E-state index contributed by atoms with van der Waals surface area (Å²) in [5, 5.41) is 2.85. The van der Waals surface area contributed by atoms with Gasteiger partial charge >= 0.3 is 5.97 Å². The largest absolute Gasteiger partial charge is 0.458 e. The monoisotopic (exact) mass is 537 g/mol. The Labute approximate surface area is 222 Å². The first-order valence-electron chi connectivity index (χ1n) is 12.4. The van der Waals surface area contributed by atoms with Gasteiger partial charge in [0.1, 0.15) is 11.8 Å². The fourth-order valence-corrected chi connectivity index (χ4v) is 4.56. The summed E-state index contributed by atoms with van der Waals surface area (Å²) >= 11 is 0. The smallest absolute Gasteiger partial charge is 0.357 e. The molecular formula is C28H31N3O6S. The van der Waals surface area contributed by atoms with E-state index in [2.05, 4.69) is 10.3 Å². The molecule has 0 fully saturated rings. The van der Waals surface area contributed by atoms with Crippen LogP contribution in [0, 0.1) is 0 Å². The first kappa shape index (κ1) is 28.5. The van der Waals surface area contributed by atoms with Crippen molar-refractivity contribution in [3.8, 4) is 0 Å². The molecule has 2 amide bonds. The lowest BCUT2D eigenvalue weighted by molar-refractivity contribution is -0.120. The van der Waals surface area contributed by atoms with Crippen LogP contribution in [0.25, 0.3) is 0 Å². The Balaban J connectivity index is 1.52. The summed E-state index contributed by atoms with van der Waals surface area (Å²) in [4.78, 5) is 40.6. The Kier molecular flexibility index (Phi) is 10.1. The van der Waals surface area contributed by atoms with Gasteiger partial charge in [-0.2, -0.15) is 0 Å². The maximum Gasteiger partial charge on any atom is 0.357 e. The minimum absolute atomic E-state index is 0.0180. The standard InChI is InChI=1S/C28H31N3O6S/c1-3-23(4-2)37-28(34)25-15-12-22(19-30-25)27(33)31-38(35,36)24-13-10-20(11-14-24)16-17-29-26(32)18-21-8-6-5-7-9-21/h5-15,19,23H,3-4,16-18H2,1-2H3,(H,29,32)(H,31,33). The third-order valence-corrected chi connectivity index (χ3v) is 7.17. The number of rotatable bonds is 12. The number of carbonyl (C=O) groups is 3. The Hall–Kier alpha value is -4.05. The van der Waals surface area contributed by atoms with E-state index in [1.54, 1.807) is 12.1 Å². The van der Waals surface area contributed by atoms with Gasteiger partial charge in [-0.25, -0.2) is 22.9 Å². The number of benzene rings is 2. The summed E-state index contributed by atoms with van der Waals surface area (Å²) in [5.74, 6) is -1.57. The van der Waals surface area contributed by atoms with Crippen LogP contribution < -0.4 is 10.0 Å². The number of aromatic nitrogens is 1. The number of amides is 2. The van der Waals surface area contributed by atoms with Crippen molar-refractivity contribution < 1.29 is 27.5 Å². The van der Waals surface area contributed by atoms with Gasteiger partial charge in [-0.15, -0.1) is 0 Å². The molecule has 0 radical (unpaired) electrons. The van der Waals surface area contributed by atoms with Crippen LogP contribution in [0.2, 0.25) is 0 Å². The molecule has 0 aliphatic heterocycles. The van der Waals surface area contributed by atoms with Gasteiger partial charge in [0.05, 0.1) is 16.9 Å². The van der Waals surface area contributed by atoms with E-state index >= 15 is 0 Å². The van der Waals surface area contributed by atoms with Crippen LogP contribution in [0.4, 0.5) is 0 Å². The summed E-state index contributed by atoms with van der Waals surface area (Å²) in [6.07, 6.45) is 3.06. The van der Waals surface area contributed by atoms with Crippen molar-refractivity contribution in [1.29, 1.82) is 0 Å². The molecule has 0 saturated heterocycles. The van der Waals surface area contributed by atoms with Gasteiger partial charge in [-0.05, 0) is 54.7 Å². The van der Waals surface area contributed by atoms with Gasteiger partial charge in [0.25, 0.3) is 15.9 Å². The lowest BCUT2D eigenvalue weighted by Crippen LogP contribution is -2.30. The Morgan fingerprint density at radius 1 is 0.895 bits per heavy atom. The molecule has 0 saturated carbocycles. The molecule has 38 heavy (non-hydrogen) atoms. The van der Waals surface area contributed by atoms with Crippen molar-refractivity contribution >= 4 is 27.8 Å². The van der Waals surface area contributed by atoms with E-state index in [-0.39, 0.29) is 34.6 Å². The molecule has 0 unspecified atom stereocenters. The van der Waals surface area contributed by atoms with Crippen molar-refractivity contribution in [3.63, 3.8) is 0 Å². The van der Waals surface area contributed by atoms with E-state index < -0.39 is 21.9 Å². The zero-order valence-electron chi connectivity index (χ0n) is 21.3. The van der Waals surface area contributed by atoms with Gasteiger partial charge < -0.3 is 10.1 Å². The van der Waals surface area contributed by atoms with Crippen molar-refractivity contribution in [2.75, 3.05) is 6.54 Å². The SMILES string of the molecule is CCC(CC)OC(=O)c1ccc(C(=O)NS(=O)(=O)c2ccc(CCNC(=O)Cc3ccccc3)cc2)cn1. The van der Waals surface area contributed by atoms with E-state index in [1.165, 1.54) is 24.3 Å². The van der Waals surface area contributed by atoms with Gasteiger partial charge in [0.15, 0.2) is 0 Å². The molecule has 0 bridgehead atoms. The predicted molar refractivity (Wildman–Crippen MR) is 142 cm³/mol. The minimum atomic E-state index is -4.13. The summed E-state index contributed by atoms with van der Waals surface area (Å²) in [5.41, 5.74) is 1.77. The second kappa shape index (κ2) is 13.5. The number of ether oxygens (including phenoxy) is 1. The second-order valence-electron chi connectivity index (χ2n) is 8.62. The molecule has 1 aromatic heterocycles. The average molecular weight is 538 g/mol. The minimum Gasteiger partial charge on any atom is -0.458 e. The third-order valence-electron chi connectivity index (χ3n) is 5.82. The molecule has 0 aliphatic rings. The maximum atomic E-state index is 12.7. The Bertz CT molecular complexity index is 1340. The molecule has 0 spiro atoms. The summed E-state index contributed by atoms with van der Waals surface area (Å²) in [6.45, 7) is 4.22. The van der Waals surface area contributed by atoms with E-state index in [4.69, 9.17) is 4.74 Å². The van der Waals surface area contributed by atoms with Crippen LogP contribution >= 0.6 is 0 Å². The summed E-state index contributed by atoms with van der Waals surface area (Å²) in [7, 11) is -4.13. The number of sulfonamides is 1. The number of nitrogens with one attached hydrogen (secondary N) is 2. The van der Waals surface area contributed by atoms with Crippen LogP contribution in [-0.2, 0) is 32.4 Å². The highest BCUT2D eigenvalue weighted by molar-refractivity contribution is 7.90. The highest BCUT2D eigenvalue weighted by atomic mass is 32.2. The maximum absolute atomic E-state index is 12.7. The Morgan fingerprint density at radius 2 is 1.58 bits per heavy atom. The van der Waals surface area contributed by atoms with E-state index in [1.807, 2.05) is 48.9 Å². The summed E-state index contributed by atoms with van der Waals surface area (Å²) in [6, 6.07) is 18.1. The zero-order valence-corrected chi connectivity index (χ0v) is 22.2. The van der Waals surface area contributed by atoms with Gasteiger partial charge in [0.2, 0.25) is 5.91 Å². The van der Waals surface area contributed by atoms with Crippen molar-refractivity contribution in [1.82, 2.24) is 15.0 Å². The number of nitrogens with zero attached hydrogens (tertiary/aromatic N) is 1. The van der Waals surface area contributed by atoms with Crippen LogP contribution in [-0.4, -0.2) is 43.8 Å². The zero-order chi connectivity index (χ0) is 27.5. The fraction of sp³-hybridized carbons (Fsp3) is 0.286. The molecule has 3 rings (SSSR count). The number of esters is 1. The lowest BCUT2D eigenvalue weighted by atomic mass is 10.1. The first-order chi connectivity index (χ1) is 18.2. The van der Waals surface area contributed by atoms with Gasteiger partial charge in [-0.1, -0.05) is 56.3 Å². The fourth-order valence-electron chi connectivity index (χ4n) is 3.58. The molecule has 0 atom stereocenters. The average Bonchev–Trinajstić information content (AvgIpc) is 2.92. The van der Waals surface area contributed by atoms with Crippen LogP contribution in [0.15, 0.2) is 77.8 Å². The number of hydrogen-bond acceptors (Lipinski definition) is 7. The van der Waals surface area contributed by atoms with E-state index in [9.17, 15) is 22.8 Å². The quantitative estimate of drug-likeness (QED) is 0.338. The van der Waals surface area contributed by atoms with Crippen molar-refractivity contribution in [2.24, 2.45) is 0 Å². The van der Waals surface area contributed by atoms with E-state index in [0.29, 0.717) is 25.8 Å². The van der Waals surface area contributed by atoms with E-state index in [0.717, 1.165) is 17.3 Å². The number of carbonyl (C=O) groups excluding carboxylic acids is 3. The molecule has 10 heteroatoms. The van der Waals surface area contributed by atoms with Crippen molar-refractivity contribution in [3.05, 3.63) is 95.3 Å². The molecule has 0 aliphatic carbocycles. The molecule has 1 heterocycles. The molecular weight excluding hydrogens is 506 g/mol. The van der Waals surface area contributed by atoms with Gasteiger partial charge in [-0.3, -0.25) is 9.59 Å². The van der Waals surface area contributed by atoms with Crippen molar-refractivity contribution in [2.45, 2.75) is 50.5 Å². The molecule has 200 valence electrons. The van der Waals surface area contributed by atoms with Crippen LogP contribution in [0.3, 0.4) is 0 Å². The highest BCUT2D eigenvalue weighted by Crippen LogP contribution is 2.13. The molecule has 3 aromatic rings. The third kappa shape index (κ3) is 8.24.